The molecule has 0 heterocycles. The molecular formula is C15H14BrClN2O2. The molecule has 1 amide bonds. The highest BCUT2D eigenvalue weighted by Gasteiger charge is 2.17. The number of hydrogen-bond acceptors (Lipinski definition) is 3. The normalized spacial score (nSPS) is 10.2. The fourth-order valence-corrected chi connectivity index (χ4v) is 2.39. The maximum Gasteiger partial charge on any atom is 0.261 e. The molecular weight excluding hydrogens is 356 g/mol. The van der Waals surface area contributed by atoms with Crippen LogP contribution in [0.2, 0.25) is 5.02 Å². The number of nitrogens with two attached hydrogens (primary N) is 1. The van der Waals surface area contributed by atoms with Crippen LogP contribution in [-0.2, 0) is 0 Å². The zero-order chi connectivity index (χ0) is 15.4. The molecule has 110 valence electrons. The van der Waals surface area contributed by atoms with Crippen molar-refractivity contribution in [3.8, 4) is 5.75 Å². The molecule has 0 fully saturated rings. The van der Waals surface area contributed by atoms with Crippen molar-refractivity contribution in [3.63, 3.8) is 0 Å². The van der Waals surface area contributed by atoms with E-state index in [2.05, 4.69) is 21.2 Å². The lowest BCUT2D eigenvalue weighted by Crippen LogP contribution is -2.16. The molecule has 0 bridgehead atoms. The second-order valence-electron chi connectivity index (χ2n) is 4.21. The van der Waals surface area contributed by atoms with Crippen LogP contribution in [0.5, 0.6) is 5.75 Å². The highest BCUT2D eigenvalue weighted by atomic mass is 79.9. The molecule has 2 rings (SSSR count). The van der Waals surface area contributed by atoms with Crippen molar-refractivity contribution < 1.29 is 9.53 Å². The Balaban J connectivity index is 2.35. The van der Waals surface area contributed by atoms with Crippen LogP contribution in [0.4, 0.5) is 11.4 Å². The van der Waals surface area contributed by atoms with Gasteiger partial charge in [-0.15, -0.1) is 0 Å². The van der Waals surface area contributed by atoms with Gasteiger partial charge in [-0.3, -0.25) is 4.79 Å². The molecule has 0 spiro atoms. The standard InChI is InChI=1S/C15H14BrClN2O2/c1-2-21-12-8-4-6-10(18)13(12)15(20)19-11-7-3-5-9(17)14(11)16/h3-8H,2,18H2,1H3,(H,19,20). The van der Waals surface area contributed by atoms with Crippen LogP contribution in [0.3, 0.4) is 0 Å². The summed E-state index contributed by atoms with van der Waals surface area (Å²) in [6.45, 7) is 2.29. The van der Waals surface area contributed by atoms with Crippen molar-refractivity contribution >= 4 is 44.8 Å². The van der Waals surface area contributed by atoms with Crippen LogP contribution in [0.1, 0.15) is 17.3 Å². The van der Waals surface area contributed by atoms with Gasteiger partial charge in [0.1, 0.15) is 11.3 Å². The number of ether oxygens (including phenoxy) is 1. The van der Waals surface area contributed by atoms with Crippen LogP contribution >= 0.6 is 27.5 Å². The fraction of sp³-hybridized carbons (Fsp3) is 0.133. The van der Waals surface area contributed by atoms with E-state index in [4.69, 9.17) is 22.1 Å². The first kappa shape index (κ1) is 15.7. The molecule has 0 aliphatic rings. The van der Waals surface area contributed by atoms with Crippen LogP contribution < -0.4 is 15.8 Å². The highest BCUT2D eigenvalue weighted by Crippen LogP contribution is 2.32. The van der Waals surface area contributed by atoms with Gasteiger partial charge in [-0.05, 0) is 47.1 Å². The molecule has 21 heavy (non-hydrogen) atoms. The van der Waals surface area contributed by atoms with Crippen molar-refractivity contribution in [2.24, 2.45) is 0 Å². The van der Waals surface area contributed by atoms with Gasteiger partial charge < -0.3 is 15.8 Å². The van der Waals surface area contributed by atoms with Gasteiger partial charge in [-0.2, -0.15) is 0 Å². The van der Waals surface area contributed by atoms with E-state index in [-0.39, 0.29) is 5.91 Å². The fourth-order valence-electron chi connectivity index (χ4n) is 1.85. The molecule has 0 radical (unpaired) electrons. The molecule has 0 aliphatic carbocycles. The Bertz CT molecular complexity index is 677. The van der Waals surface area contributed by atoms with Gasteiger partial charge in [-0.1, -0.05) is 23.7 Å². The summed E-state index contributed by atoms with van der Waals surface area (Å²) in [5, 5.41) is 3.29. The molecule has 2 aromatic rings. The SMILES string of the molecule is CCOc1cccc(N)c1C(=O)Nc1cccc(Cl)c1Br. The van der Waals surface area contributed by atoms with Crippen LogP contribution in [0.15, 0.2) is 40.9 Å². The van der Waals surface area contributed by atoms with E-state index in [0.29, 0.717) is 38.8 Å². The van der Waals surface area contributed by atoms with E-state index < -0.39 is 0 Å². The van der Waals surface area contributed by atoms with Crippen LogP contribution in [0.25, 0.3) is 0 Å². The minimum absolute atomic E-state index is 0.311. The first-order valence-corrected chi connectivity index (χ1v) is 7.48. The van der Waals surface area contributed by atoms with E-state index >= 15 is 0 Å². The predicted molar refractivity (Wildman–Crippen MR) is 89.1 cm³/mol. The lowest BCUT2D eigenvalue weighted by atomic mass is 10.1. The Hall–Kier alpha value is -1.72. The van der Waals surface area contributed by atoms with Crippen molar-refractivity contribution in [2.75, 3.05) is 17.7 Å². The Morgan fingerprint density at radius 3 is 2.76 bits per heavy atom. The summed E-state index contributed by atoms with van der Waals surface area (Å²) >= 11 is 9.35. The molecule has 0 aliphatic heterocycles. The maximum atomic E-state index is 12.5. The van der Waals surface area contributed by atoms with Crippen molar-refractivity contribution in [1.29, 1.82) is 0 Å². The van der Waals surface area contributed by atoms with Crippen molar-refractivity contribution in [1.82, 2.24) is 0 Å². The number of carbonyl (C=O) groups excluding carboxylic acids is 1. The van der Waals surface area contributed by atoms with E-state index in [1.807, 2.05) is 6.92 Å². The summed E-state index contributed by atoms with van der Waals surface area (Å²) in [7, 11) is 0. The average molecular weight is 370 g/mol. The topological polar surface area (TPSA) is 64.3 Å². The first-order chi connectivity index (χ1) is 10.0. The molecule has 2 aromatic carbocycles. The van der Waals surface area contributed by atoms with Gasteiger partial charge in [0, 0.05) is 5.69 Å². The molecule has 0 saturated heterocycles. The van der Waals surface area contributed by atoms with Gasteiger partial charge in [0.05, 0.1) is 21.8 Å². The number of amides is 1. The minimum Gasteiger partial charge on any atom is -0.493 e. The third kappa shape index (κ3) is 3.49. The third-order valence-electron chi connectivity index (χ3n) is 2.79. The zero-order valence-corrected chi connectivity index (χ0v) is 13.7. The number of carbonyl (C=O) groups is 1. The third-order valence-corrected chi connectivity index (χ3v) is 4.18. The second kappa shape index (κ2) is 6.83. The Morgan fingerprint density at radius 1 is 1.33 bits per heavy atom. The summed E-state index contributed by atoms with van der Waals surface area (Å²) in [5.74, 6) is 0.104. The molecule has 4 nitrogen and oxygen atoms in total. The predicted octanol–water partition coefficient (Wildman–Crippen LogP) is 4.34. The van der Waals surface area contributed by atoms with Gasteiger partial charge >= 0.3 is 0 Å². The van der Waals surface area contributed by atoms with Crippen LogP contribution in [0, 0.1) is 0 Å². The summed E-state index contributed by atoms with van der Waals surface area (Å²) in [6.07, 6.45) is 0. The lowest BCUT2D eigenvalue weighted by Gasteiger charge is -2.13. The lowest BCUT2D eigenvalue weighted by molar-refractivity contribution is 0.102. The van der Waals surface area contributed by atoms with Gasteiger partial charge in [0.15, 0.2) is 0 Å². The quantitative estimate of drug-likeness (QED) is 0.788. The Kier molecular flexibility index (Phi) is 5.09. The maximum absolute atomic E-state index is 12.5. The Morgan fingerprint density at radius 2 is 2.05 bits per heavy atom. The summed E-state index contributed by atoms with van der Waals surface area (Å²) in [4.78, 5) is 12.5. The largest absolute Gasteiger partial charge is 0.493 e. The average Bonchev–Trinajstić information content (AvgIpc) is 2.44. The number of hydrogen-bond donors (Lipinski definition) is 2. The summed E-state index contributed by atoms with van der Waals surface area (Å²) < 4.78 is 6.07. The number of anilines is 2. The smallest absolute Gasteiger partial charge is 0.261 e. The molecule has 3 N–H and O–H groups in total. The molecule has 0 aromatic heterocycles. The summed E-state index contributed by atoms with van der Waals surface area (Å²) in [6, 6.07) is 10.3. The number of nitrogen functional groups attached to an aromatic ring is 1. The van der Waals surface area contributed by atoms with E-state index in [0.717, 1.165) is 0 Å². The van der Waals surface area contributed by atoms with E-state index in [1.165, 1.54) is 0 Å². The van der Waals surface area contributed by atoms with Crippen molar-refractivity contribution in [3.05, 3.63) is 51.5 Å². The number of halogens is 2. The molecule has 0 atom stereocenters. The summed E-state index contributed by atoms with van der Waals surface area (Å²) in [5.41, 5.74) is 7.13. The minimum atomic E-state index is -0.348. The van der Waals surface area contributed by atoms with Crippen molar-refractivity contribution in [2.45, 2.75) is 6.92 Å². The molecule has 0 saturated carbocycles. The molecule has 6 heteroatoms. The first-order valence-electron chi connectivity index (χ1n) is 6.31. The number of nitrogens with one attached hydrogen (secondary N) is 1. The van der Waals surface area contributed by atoms with Crippen LogP contribution in [-0.4, -0.2) is 12.5 Å². The zero-order valence-electron chi connectivity index (χ0n) is 11.3. The monoisotopic (exact) mass is 368 g/mol. The van der Waals surface area contributed by atoms with E-state index in [9.17, 15) is 4.79 Å². The molecule has 0 unspecified atom stereocenters. The second-order valence-corrected chi connectivity index (χ2v) is 5.41. The van der Waals surface area contributed by atoms with Gasteiger partial charge in [0.2, 0.25) is 0 Å². The Labute approximate surface area is 136 Å². The number of benzene rings is 2. The highest BCUT2D eigenvalue weighted by molar-refractivity contribution is 9.10. The number of rotatable bonds is 4. The van der Waals surface area contributed by atoms with Gasteiger partial charge in [-0.25, -0.2) is 0 Å². The van der Waals surface area contributed by atoms with Gasteiger partial charge in [0.25, 0.3) is 5.91 Å². The van der Waals surface area contributed by atoms with E-state index in [1.54, 1.807) is 36.4 Å².